The van der Waals surface area contributed by atoms with Crippen LogP contribution in [0.2, 0.25) is 0 Å². The van der Waals surface area contributed by atoms with Gasteiger partial charge in [-0.25, -0.2) is 9.59 Å². The van der Waals surface area contributed by atoms with E-state index in [1.165, 1.54) is 36.8 Å². The molecule has 28 heavy (non-hydrogen) atoms. The second kappa shape index (κ2) is 9.69. The number of hydrogen-bond donors (Lipinski definition) is 0. The van der Waals surface area contributed by atoms with Crippen molar-refractivity contribution in [2.24, 2.45) is 0 Å². The van der Waals surface area contributed by atoms with Gasteiger partial charge in [0.05, 0.1) is 23.7 Å². The first kappa shape index (κ1) is 18.9. The van der Waals surface area contributed by atoms with E-state index in [0.29, 0.717) is 11.1 Å². The highest BCUT2D eigenvalue weighted by molar-refractivity contribution is 5.93. The van der Waals surface area contributed by atoms with Gasteiger partial charge in [-0.15, -0.1) is 0 Å². The van der Waals surface area contributed by atoms with Crippen LogP contribution >= 0.6 is 0 Å². The van der Waals surface area contributed by atoms with Crippen LogP contribution in [0.1, 0.15) is 31.8 Å². The summed E-state index contributed by atoms with van der Waals surface area (Å²) in [5, 5.41) is 0. The molecule has 0 amide bonds. The van der Waals surface area contributed by atoms with Crippen LogP contribution in [0.25, 0.3) is 12.2 Å². The highest BCUT2D eigenvalue weighted by atomic mass is 16.5. The van der Waals surface area contributed by atoms with E-state index in [4.69, 9.17) is 9.47 Å². The lowest BCUT2D eigenvalue weighted by Crippen LogP contribution is -2.04. The third-order valence-corrected chi connectivity index (χ3v) is 3.83. The Morgan fingerprint density at radius 2 is 0.893 bits per heavy atom. The fourth-order valence-corrected chi connectivity index (χ4v) is 2.36. The highest BCUT2D eigenvalue weighted by Crippen LogP contribution is 2.09. The lowest BCUT2D eigenvalue weighted by molar-refractivity contribution is 0.0651. The van der Waals surface area contributed by atoms with E-state index >= 15 is 0 Å². The Bertz CT molecular complexity index is 890. The molecule has 0 heterocycles. The normalized spacial score (nSPS) is 10.9. The van der Waals surface area contributed by atoms with Gasteiger partial charge in [0.1, 0.15) is 0 Å². The van der Waals surface area contributed by atoms with Crippen molar-refractivity contribution in [2.45, 2.75) is 0 Å². The Morgan fingerprint density at radius 3 is 1.25 bits per heavy atom. The zero-order valence-corrected chi connectivity index (χ0v) is 15.0. The summed E-state index contributed by atoms with van der Waals surface area (Å²) in [5.41, 5.74) is 2.54. The van der Waals surface area contributed by atoms with Gasteiger partial charge in [-0.05, 0) is 47.5 Å². The van der Waals surface area contributed by atoms with Gasteiger partial charge in [-0.1, -0.05) is 60.7 Å². The summed E-state index contributed by atoms with van der Waals surface area (Å²) in [7, 11) is 0. The van der Waals surface area contributed by atoms with E-state index in [1.54, 1.807) is 12.2 Å². The molecule has 4 nitrogen and oxygen atoms in total. The number of hydrogen-bond acceptors (Lipinski definition) is 4. The van der Waals surface area contributed by atoms with Crippen molar-refractivity contribution in [1.29, 1.82) is 0 Å². The molecule has 3 aromatic carbocycles. The number of ether oxygens (including phenoxy) is 2. The monoisotopic (exact) mass is 370 g/mol. The quantitative estimate of drug-likeness (QED) is 0.434. The lowest BCUT2D eigenvalue weighted by Gasteiger charge is -2.02. The summed E-state index contributed by atoms with van der Waals surface area (Å²) >= 11 is 0. The topological polar surface area (TPSA) is 52.6 Å². The molecule has 0 fully saturated rings. The molecule has 0 spiro atoms. The molecule has 0 radical (unpaired) electrons. The number of rotatable bonds is 6. The Labute approximate surface area is 163 Å². The van der Waals surface area contributed by atoms with Crippen LogP contribution in [0.15, 0.2) is 97.5 Å². The molecule has 0 atom stereocenters. The highest BCUT2D eigenvalue weighted by Gasteiger charge is 2.09. The van der Waals surface area contributed by atoms with E-state index in [2.05, 4.69) is 0 Å². The van der Waals surface area contributed by atoms with Crippen LogP contribution < -0.4 is 0 Å². The third kappa shape index (κ3) is 5.54. The average molecular weight is 370 g/mol. The average Bonchev–Trinajstić information content (AvgIpc) is 2.75. The van der Waals surface area contributed by atoms with Gasteiger partial charge < -0.3 is 9.47 Å². The van der Waals surface area contributed by atoms with Crippen LogP contribution in [-0.4, -0.2) is 11.9 Å². The SMILES string of the molecule is O=C(OC=Cc1ccccc1)c1ccc(C(=O)OC=Cc2ccccc2)cc1. The molecule has 3 aromatic rings. The largest absolute Gasteiger partial charge is 0.431 e. The van der Waals surface area contributed by atoms with Crippen molar-refractivity contribution in [3.05, 3.63) is 120 Å². The number of carbonyl (C=O) groups is 2. The van der Waals surface area contributed by atoms with Crippen LogP contribution in [-0.2, 0) is 9.47 Å². The van der Waals surface area contributed by atoms with E-state index in [0.717, 1.165) is 11.1 Å². The van der Waals surface area contributed by atoms with E-state index in [-0.39, 0.29) is 0 Å². The molecule has 0 aliphatic carbocycles. The predicted octanol–water partition coefficient (Wildman–Crippen LogP) is 5.34. The molecular formula is C24H18O4. The van der Waals surface area contributed by atoms with Gasteiger partial charge in [-0.3, -0.25) is 0 Å². The summed E-state index contributed by atoms with van der Waals surface area (Å²) in [6.07, 6.45) is 6.08. The zero-order chi connectivity index (χ0) is 19.6. The Balaban J connectivity index is 1.53. The first-order chi connectivity index (χ1) is 13.7. The molecule has 0 bridgehead atoms. The molecule has 0 aromatic heterocycles. The predicted molar refractivity (Wildman–Crippen MR) is 108 cm³/mol. The van der Waals surface area contributed by atoms with Gasteiger partial charge >= 0.3 is 11.9 Å². The van der Waals surface area contributed by atoms with Crippen molar-refractivity contribution in [3.8, 4) is 0 Å². The Kier molecular flexibility index (Phi) is 6.53. The summed E-state index contributed by atoms with van der Waals surface area (Å²) in [4.78, 5) is 24.1. The number of benzene rings is 3. The smallest absolute Gasteiger partial charge is 0.342 e. The molecule has 0 saturated heterocycles. The molecule has 0 unspecified atom stereocenters. The van der Waals surface area contributed by atoms with Crippen LogP contribution in [0.3, 0.4) is 0 Å². The number of esters is 2. The van der Waals surface area contributed by atoms with Gasteiger partial charge in [-0.2, -0.15) is 0 Å². The van der Waals surface area contributed by atoms with Crippen LogP contribution in [0.4, 0.5) is 0 Å². The maximum absolute atomic E-state index is 12.0. The Morgan fingerprint density at radius 1 is 0.536 bits per heavy atom. The summed E-state index contributed by atoms with van der Waals surface area (Å²) in [5.74, 6) is -1.01. The molecule has 3 rings (SSSR count). The second-order valence-electron chi connectivity index (χ2n) is 5.81. The van der Waals surface area contributed by atoms with Gasteiger partial charge in [0.25, 0.3) is 0 Å². The van der Waals surface area contributed by atoms with E-state index < -0.39 is 11.9 Å². The summed E-state index contributed by atoms with van der Waals surface area (Å²) in [6.45, 7) is 0. The minimum absolute atomic E-state index is 0.342. The van der Waals surface area contributed by atoms with Crippen LogP contribution in [0, 0.1) is 0 Å². The van der Waals surface area contributed by atoms with Gasteiger partial charge in [0, 0.05) is 0 Å². The fourth-order valence-electron chi connectivity index (χ4n) is 2.36. The molecule has 138 valence electrons. The number of carbonyl (C=O) groups excluding carboxylic acids is 2. The minimum atomic E-state index is -0.504. The molecule has 0 N–H and O–H groups in total. The maximum Gasteiger partial charge on any atom is 0.342 e. The molecule has 0 aliphatic heterocycles. The minimum Gasteiger partial charge on any atom is -0.431 e. The zero-order valence-electron chi connectivity index (χ0n) is 15.0. The van der Waals surface area contributed by atoms with Crippen molar-refractivity contribution in [3.63, 3.8) is 0 Å². The molecular weight excluding hydrogens is 352 g/mol. The lowest BCUT2D eigenvalue weighted by atomic mass is 10.1. The molecule has 0 aliphatic rings. The maximum atomic E-state index is 12.0. The first-order valence-electron chi connectivity index (χ1n) is 8.67. The van der Waals surface area contributed by atoms with E-state index in [1.807, 2.05) is 60.7 Å². The molecule has 0 saturated carbocycles. The molecule has 4 heteroatoms. The van der Waals surface area contributed by atoms with Crippen molar-refractivity contribution in [1.82, 2.24) is 0 Å². The van der Waals surface area contributed by atoms with Crippen molar-refractivity contribution >= 4 is 24.1 Å². The fraction of sp³-hybridized carbons (Fsp3) is 0. The Hall–Kier alpha value is -3.92. The summed E-state index contributed by atoms with van der Waals surface area (Å²) < 4.78 is 10.2. The van der Waals surface area contributed by atoms with Crippen LogP contribution in [0.5, 0.6) is 0 Å². The second-order valence-corrected chi connectivity index (χ2v) is 5.81. The first-order valence-corrected chi connectivity index (χ1v) is 8.67. The van der Waals surface area contributed by atoms with Crippen molar-refractivity contribution < 1.29 is 19.1 Å². The summed E-state index contributed by atoms with van der Waals surface area (Å²) in [6, 6.07) is 25.1. The van der Waals surface area contributed by atoms with Gasteiger partial charge in [0.15, 0.2) is 0 Å². The third-order valence-electron chi connectivity index (χ3n) is 3.83. The standard InChI is InChI=1S/C24H18O4/c25-23(27-17-15-19-7-3-1-4-8-19)21-11-13-22(14-12-21)24(26)28-18-16-20-9-5-2-6-10-20/h1-18H. The van der Waals surface area contributed by atoms with E-state index in [9.17, 15) is 9.59 Å². The van der Waals surface area contributed by atoms with Gasteiger partial charge in [0.2, 0.25) is 0 Å². The van der Waals surface area contributed by atoms with Crippen molar-refractivity contribution in [2.75, 3.05) is 0 Å².